The highest BCUT2D eigenvalue weighted by Crippen LogP contribution is 2.31. The molecule has 0 aliphatic carbocycles. The predicted molar refractivity (Wildman–Crippen MR) is 86.0 cm³/mol. The van der Waals surface area contributed by atoms with Gasteiger partial charge in [-0.15, -0.1) is 0 Å². The number of nitrogens with zero attached hydrogens (tertiary/aromatic N) is 1. The van der Waals surface area contributed by atoms with Gasteiger partial charge in [0.2, 0.25) is 0 Å². The molecule has 2 rings (SSSR count). The predicted octanol–water partition coefficient (Wildman–Crippen LogP) is 4.60. The maximum absolute atomic E-state index is 12.8. The lowest BCUT2D eigenvalue weighted by Gasteiger charge is -2.15. The number of aromatic nitrogens is 1. The number of alkyl halides is 2. The Morgan fingerprint density at radius 1 is 1.32 bits per heavy atom. The van der Waals surface area contributed by atoms with Gasteiger partial charge >= 0.3 is 0 Å². The summed E-state index contributed by atoms with van der Waals surface area (Å²) in [6, 6.07) is 8.03. The normalized spacial score (nSPS) is 11.0. The van der Waals surface area contributed by atoms with E-state index in [1.807, 2.05) is 6.92 Å². The Morgan fingerprint density at radius 2 is 2.05 bits per heavy atom. The fraction of sp³-hybridized carbons (Fsp3) is 0.267. The minimum atomic E-state index is -2.65. The number of hydrogen-bond acceptors (Lipinski definition) is 2. The Bertz CT molecular complexity index is 734. The molecule has 0 saturated heterocycles. The molecule has 0 unspecified atom stereocenters. The third-order valence-corrected chi connectivity index (χ3v) is 3.89. The highest BCUT2D eigenvalue weighted by Gasteiger charge is 2.15. The summed E-state index contributed by atoms with van der Waals surface area (Å²) >= 11 is 9.27. The molecule has 1 aromatic carbocycles. The van der Waals surface area contributed by atoms with Crippen molar-refractivity contribution in [2.75, 3.05) is 6.61 Å². The van der Waals surface area contributed by atoms with Crippen LogP contribution in [0.4, 0.5) is 8.78 Å². The molecule has 22 heavy (non-hydrogen) atoms. The highest BCUT2D eigenvalue weighted by atomic mass is 79.9. The van der Waals surface area contributed by atoms with Crippen molar-refractivity contribution in [2.24, 2.45) is 0 Å². The molecule has 2 aromatic rings. The number of halogens is 4. The molecular formula is C15H13BrClF2NO2. The first kappa shape index (κ1) is 17.0. The van der Waals surface area contributed by atoms with Crippen LogP contribution in [0.5, 0.6) is 5.75 Å². The minimum absolute atomic E-state index is 0.221. The molecule has 118 valence electrons. The average Bonchev–Trinajstić information content (AvgIpc) is 2.45. The highest BCUT2D eigenvalue weighted by molar-refractivity contribution is 9.10. The molecule has 0 bridgehead atoms. The van der Waals surface area contributed by atoms with Crippen LogP contribution in [0.3, 0.4) is 0 Å². The van der Waals surface area contributed by atoms with E-state index in [4.69, 9.17) is 16.3 Å². The van der Waals surface area contributed by atoms with Gasteiger partial charge in [0.15, 0.2) is 0 Å². The van der Waals surface area contributed by atoms with Crippen molar-refractivity contribution in [2.45, 2.75) is 19.9 Å². The first-order chi connectivity index (χ1) is 10.4. The van der Waals surface area contributed by atoms with Gasteiger partial charge < -0.3 is 9.30 Å². The summed E-state index contributed by atoms with van der Waals surface area (Å²) in [4.78, 5) is 12.1. The Labute approximate surface area is 139 Å². The van der Waals surface area contributed by atoms with Crippen molar-refractivity contribution in [3.63, 3.8) is 0 Å². The Balaban J connectivity index is 2.57. The van der Waals surface area contributed by atoms with Crippen LogP contribution >= 0.6 is 27.5 Å². The largest absolute Gasteiger partial charge is 0.494 e. The fourth-order valence-corrected chi connectivity index (χ4v) is 2.68. The molecule has 7 heteroatoms. The molecule has 1 heterocycles. The van der Waals surface area contributed by atoms with Gasteiger partial charge in [0.1, 0.15) is 5.75 Å². The van der Waals surface area contributed by atoms with Gasteiger partial charge in [0, 0.05) is 5.56 Å². The van der Waals surface area contributed by atoms with Gasteiger partial charge in [-0.05, 0) is 53.2 Å². The molecule has 1 aromatic heterocycles. The molecular weight excluding hydrogens is 380 g/mol. The second kappa shape index (κ2) is 7.24. The molecule has 0 N–H and O–H groups in total. The molecule has 0 spiro atoms. The van der Waals surface area contributed by atoms with E-state index in [9.17, 15) is 13.6 Å². The summed E-state index contributed by atoms with van der Waals surface area (Å²) in [6.45, 7) is 1.64. The van der Waals surface area contributed by atoms with Gasteiger partial charge in [-0.2, -0.15) is 0 Å². The summed E-state index contributed by atoms with van der Waals surface area (Å²) in [5.41, 5.74) is 0.305. The van der Waals surface area contributed by atoms with Crippen molar-refractivity contribution in [3.05, 3.63) is 50.2 Å². The van der Waals surface area contributed by atoms with Crippen LogP contribution in [-0.4, -0.2) is 17.6 Å². The van der Waals surface area contributed by atoms with Crippen molar-refractivity contribution in [3.8, 4) is 17.0 Å². The van der Waals surface area contributed by atoms with Crippen LogP contribution < -0.4 is 10.3 Å². The van der Waals surface area contributed by atoms with Crippen LogP contribution in [0.2, 0.25) is 5.02 Å². The smallest absolute Gasteiger partial charge is 0.265 e. The van der Waals surface area contributed by atoms with Gasteiger partial charge in [-0.1, -0.05) is 11.6 Å². The second-order valence-electron chi connectivity index (χ2n) is 4.45. The topological polar surface area (TPSA) is 31.2 Å². The quantitative estimate of drug-likeness (QED) is 0.745. The summed E-state index contributed by atoms with van der Waals surface area (Å²) in [5, 5.41) is 0.329. The monoisotopic (exact) mass is 391 g/mol. The summed E-state index contributed by atoms with van der Waals surface area (Å²) < 4.78 is 32.1. The van der Waals surface area contributed by atoms with E-state index in [0.29, 0.717) is 28.6 Å². The van der Waals surface area contributed by atoms with Crippen molar-refractivity contribution >= 4 is 27.5 Å². The SMILES string of the molecule is CCOc1ccc(-c2ccc(Br)c(=O)n2CC(F)F)c(Cl)c1. The second-order valence-corrected chi connectivity index (χ2v) is 5.71. The molecule has 0 saturated carbocycles. The third kappa shape index (κ3) is 3.67. The Hall–Kier alpha value is -1.40. The van der Waals surface area contributed by atoms with E-state index in [1.54, 1.807) is 24.3 Å². The molecule has 3 nitrogen and oxygen atoms in total. The van der Waals surface area contributed by atoms with Gasteiger partial charge in [0.25, 0.3) is 12.0 Å². The van der Waals surface area contributed by atoms with Crippen molar-refractivity contribution in [1.29, 1.82) is 0 Å². The van der Waals surface area contributed by atoms with Gasteiger partial charge in [-0.3, -0.25) is 4.79 Å². The number of benzene rings is 1. The first-order valence-corrected chi connectivity index (χ1v) is 7.71. The average molecular weight is 393 g/mol. The van der Waals surface area contributed by atoms with Crippen molar-refractivity contribution in [1.82, 2.24) is 4.57 Å². The number of hydrogen-bond donors (Lipinski definition) is 0. The van der Waals surface area contributed by atoms with Crippen LogP contribution in [0.1, 0.15) is 6.92 Å². The van der Waals surface area contributed by atoms with Gasteiger partial charge in [0.05, 0.1) is 28.3 Å². The maximum Gasteiger partial charge on any atom is 0.265 e. The summed E-state index contributed by atoms with van der Waals surface area (Å²) in [7, 11) is 0. The zero-order chi connectivity index (χ0) is 16.3. The van der Waals surface area contributed by atoms with E-state index in [2.05, 4.69) is 15.9 Å². The lowest BCUT2D eigenvalue weighted by Crippen LogP contribution is -2.25. The Kier molecular flexibility index (Phi) is 5.58. The fourth-order valence-electron chi connectivity index (χ4n) is 2.07. The van der Waals surface area contributed by atoms with E-state index < -0.39 is 18.5 Å². The zero-order valence-electron chi connectivity index (χ0n) is 11.7. The molecule has 0 aliphatic rings. The van der Waals surface area contributed by atoms with E-state index >= 15 is 0 Å². The van der Waals surface area contributed by atoms with E-state index in [1.165, 1.54) is 6.07 Å². The standard InChI is InChI=1S/C15H13BrClF2NO2/c1-2-22-9-3-4-10(12(17)7-9)13-6-5-11(16)15(21)20(13)8-14(18)19/h3-7,14H,2,8H2,1H3. The van der Waals surface area contributed by atoms with E-state index in [-0.39, 0.29) is 4.47 Å². The molecule has 0 fully saturated rings. The van der Waals surface area contributed by atoms with Crippen LogP contribution in [0, 0.1) is 0 Å². The molecule has 0 aliphatic heterocycles. The molecule has 0 amide bonds. The van der Waals surface area contributed by atoms with Crippen LogP contribution in [0.15, 0.2) is 39.6 Å². The first-order valence-electron chi connectivity index (χ1n) is 6.54. The van der Waals surface area contributed by atoms with Gasteiger partial charge in [-0.25, -0.2) is 8.78 Å². The lowest BCUT2D eigenvalue weighted by atomic mass is 10.1. The number of ether oxygens (including phenoxy) is 1. The van der Waals surface area contributed by atoms with Crippen LogP contribution in [-0.2, 0) is 6.54 Å². The Morgan fingerprint density at radius 3 is 2.64 bits per heavy atom. The van der Waals surface area contributed by atoms with Crippen LogP contribution in [0.25, 0.3) is 11.3 Å². The lowest BCUT2D eigenvalue weighted by molar-refractivity contribution is 0.126. The summed E-state index contributed by atoms with van der Waals surface area (Å²) in [6.07, 6.45) is -2.65. The zero-order valence-corrected chi connectivity index (χ0v) is 14.0. The van der Waals surface area contributed by atoms with Crippen molar-refractivity contribution < 1.29 is 13.5 Å². The minimum Gasteiger partial charge on any atom is -0.494 e. The van der Waals surface area contributed by atoms with E-state index in [0.717, 1.165) is 4.57 Å². The molecule has 0 radical (unpaired) electrons. The molecule has 0 atom stereocenters. The third-order valence-electron chi connectivity index (χ3n) is 2.98. The number of rotatable bonds is 5. The number of pyridine rings is 1. The summed E-state index contributed by atoms with van der Waals surface area (Å²) in [5.74, 6) is 0.580. The maximum atomic E-state index is 12.8.